The van der Waals surface area contributed by atoms with Gasteiger partial charge in [0, 0.05) is 16.1 Å². The zero-order valence-corrected chi connectivity index (χ0v) is 10.8. The standard InChI is InChI=1S/C12H13BrN2O/c1-8(2)15-12(11(16)7-14-15)9-5-3-4-6-10(9)13/h3-8,16H,1-2H3. The molecule has 0 bridgehead atoms. The van der Waals surface area contributed by atoms with Crippen molar-refractivity contribution in [3.8, 4) is 17.0 Å². The fourth-order valence-corrected chi connectivity index (χ4v) is 2.13. The summed E-state index contributed by atoms with van der Waals surface area (Å²) < 4.78 is 2.77. The molecule has 0 fully saturated rings. The normalized spacial score (nSPS) is 11.0. The highest BCUT2D eigenvalue weighted by Gasteiger charge is 2.16. The summed E-state index contributed by atoms with van der Waals surface area (Å²) in [6.45, 7) is 4.07. The Morgan fingerprint density at radius 1 is 1.31 bits per heavy atom. The average Bonchev–Trinajstić information content (AvgIpc) is 2.61. The Morgan fingerprint density at radius 2 is 2.00 bits per heavy atom. The molecule has 0 aliphatic rings. The number of aromatic nitrogens is 2. The predicted octanol–water partition coefficient (Wildman–Crippen LogP) is 3.60. The molecule has 2 aromatic rings. The van der Waals surface area contributed by atoms with Gasteiger partial charge in [-0.1, -0.05) is 34.1 Å². The first kappa shape index (κ1) is 11.2. The minimum atomic E-state index is 0.209. The van der Waals surface area contributed by atoms with Crippen molar-refractivity contribution in [2.45, 2.75) is 19.9 Å². The zero-order valence-electron chi connectivity index (χ0n) is 9.18. The molecule has 0 amide bonds. The molecule has 4 heteroatoms. The minimum absolute atomic E-state index is 0.209. The van der Waals surface area contributed by atoms with Crippen LogP contribution >= 0.6 is 15.9 Å². The Labute approximate surface area is 103 Å². The summed E-state index contributed by atoms with van der Waals surface area (Å²) in [5.41, 5.74) is 1.70. The van der Waals surface area contributed by atoms with Crippen LogP contribution in [-0.2, 0) is 0 Å². The third-order valence-electron chi connectivity index (χ3n) is 2.39. The van der Waals surface area contributed by atoms with E-state index in [2.05, 4.69) is 21.0 Å². The van der Waals surface area contributed by atoms with Crippen molar-refractivity contribution in [1.82, 2.24) is 9.78 Å². The van der Waals surface area contributed by atoms with Gasteiger partial charge in [0.1, 0.15) is 5.69 Å². The Bertz CT molecular complexity index is 505. The molecule has 1 aromatic heterocycles. The van der Waals surface area contributed by atoms with E-state index in [0.29, 0.717) is 0 Å². The largest absolute Gasteiger partial charge is 0.504 e. The zero-order chi connectivity index (χ0) is 11.7. The number of nitrogens with zero attached hydrogens (tertiary/aromatic N) is 2. The van der Waals surface area contributed by atoms with Gasteiger partial charge in [0.25, 0.3) is 0 Å². The Morgan fingerprint density at radius 3 is 2.62 bits per heavy atom. The van der Waals surface area contributed by atoms with Gasteiger partial charge in [0.05, 0.1) is 6.20 Å². The van der Waals surface area contributed by atoms with Crippen LogP contribution in [0.3, 0.4) is 0 Å². The second kappa shape index (κ2) is 4.29. The van der Waals surface area contributed by atoms with E-state index in [0.717, 1.165) is 15.7 Å². The second-order valence-corrected chi connectivity index (χ2v) is 4.75. The molecule has 0 unspecified atom stereocenters. The minimum Gasteiger partial charge on any atom is -0.504 e. The highest BCUT2D eigenvalue weighted by Crippen LogP contribution is 2.35. The molecule has 84 valence electrons. The molecule has 0 aliphatic heterocycles. The Hall–Kier alpha value is -1.29. The molecule has 1 N–H and O–H groups in total. The Balaban J connectivity index is 2.64. The van der Waals surface area contributed by atoms with Crippen LogP contribution in [-0.4, -0.2) is 14.9 Å². The second-order valence-electron chi connectivity index (χ2n) is 3.90. The molecule has 0 saturated carbocycles. The average molecular weight is 281 g/mol. The van der Waals surface area contributed by atoms with Crippen molar-refractivity contribution in [3.05, 3.63) is 34.9 Å². The van der Waals surface area contributed by atoms with E-state index in [-0.39, 0.29) is 11.8 Å². The molecular weight excluding hydrogens is 268 g/mol. The van der Waals surface area contributed by atoms with E-state index in [9.17, 15) is 5.11 Å². The molecule has 0 saturated heterocycles. The van der Waals surface area contributed by atoms with Gasteiger partial charge in [-0.15, -0.1) is 0 Å². The highest BCUT2D eigenvalue weighted by molar-refractivity contribution is 9.10. The van der Waals surface area contributed by atoms with Crippen LogP contribution in [0.1, 0.15) is 19.9 Å². The maximum absolute atomic E-state index is 9.85. The van der Waals surface area contributed by atoms with Crippen molar-refractivity contribution >= 4 is 15.9 Å². The number of halogens is 1. The van der Waals surface area contributed by atoms with Crippen molar-refractivity contribution < 1.29 is 5.11 Å². The van der Waals surface area contributed by atoms with Gasteiger partial charge in [-0.25, -0.2) is 0 Å². The maximum Gasteiger partial charge on any atom is 0.161 e. The van der Waals surface area contributed by atoms with Crippen LogP contribution in [0.25, 0.3) is 11.3 Å². The van der Waals surface area contributed by atoms with Gasteiger partial charge in [0.2, 0.25) is 0 Å². The molecule has 0 radical (unpaired) electrons. The van der Waals surface area contributed by atoms with Crippen LogP contribution in [0.15, 0.2) is 34.9 Å². The van der Waals surface area contributed by atoms with Crippen LogP contribution in [0.2, 0.25) is 0 Å². The summed E-state index contributed by atoms with van der Waals surface area (Å²) in [5, 5.41) is 14.0. The summed E-state index contributed by atoms with van der Waals surface area (Å²) in [7, 11) is 0. The van der Waals surface area contributed by atoms with Gasteiger partial charge in [0.15, 0.2) is 5.75 Å². The van der Waals surface area contributed by atoms with Gasteiger partial charge in [-0.05, 0) is 19.9 Å². The summed E-state index contributed by atoms with van der Waals surface area (Å²) in [6.07, 6.45) is 1.48. The third kappa shape index (κ3) is 1.85. The third-order valence-corrected chi connectivity index (χ3v) is 3.09. The first-order chi connectivity index (χ1) is 7.61. The molecule has 3 nitrogen and oxygen atoms in total. The molecular formula is C12H13BrN2O. The van der Waals surface area contributed by atoms with E-state index in [1.165, 1.54) is 6.20 Å². The van der Waals surface area contributed by atoms with Crippen LogP contribution in [0.5, 0.6) is 5.75 Å². The number of hydrogen-bond acceptors (Lipinski definition) is 2. The Kier molecular flexibility index (Phi) is 3.01. The van der Waals surface area contributed by atoms with Gasteiger partial charge < -0.3 is 5.11 Å². The first-order valence-corrected chi connectivity index (χ1v) is 5.92. The number of rotatable bonds is 2. The molecule has 0 aliphatic carbocycles. The molecule has 16 heavy (non-hydrogen) atoms. The van der Waals surface area contributed by atoms with Gasteiger partial charge in [-0.2, -0.15) is 5.10 Å². The molecule has 0 spiro atoms. The van der Waals surface area contributed by atoms with Crippen LogP contribution < -0.4 is 0 Å². The molecule has 1 aromatic carbocycles. The van der Waals surface area contributed by atoms with E-state index >= 15 is 0 Å². The molecule has 2 rings (SSSR count). The van der Waals surface area contributed by atoms with Gasteiger partial charge >= 0.3 is 0 Å². The SMILES string of the molecule is CC(C)n1ncc(O)c1-c1ccccc1Br. The van der Waals surface area contributed by atoms with Crippen molar-refractivity contribution in [1.29, 1.82) is 0 Å². The number of benzene rings is 1. The summed E-state index contributed by atoms with van der Waals surface area (Å²) >= 11 is 3.48. The summed E-state index contributed by atoms with van der Waals surface area (Å²) in [6, 6.07) is 8.01. The number of hydrogen-bond donors (Lipinski definition) is 1. The van der Waals surface area contributed by atoms with E-state index < -0.39 is 0 Å². The van der Waals surface area contributed by atoms with E-state index in [4.69, 9.17) is 0 Å². The number of aromatic hydroxyl groups is 1. The quantitative estimate of drug-likeness (QED) is 0.913. The fourth-order valence-electron chi connectivity index (χ4n) is 1.66. The molecule has 0 atom stereocenters. The van der Waals surface area contributed by atoms with E-state index in [1.807, 2.05) is 42.8 Å². The monoisotopic (exact) mass is 280 g/mol. The van der Waals surface area contributed by atoms with Crippen LogP contribution in [0, 0.1) is 0 Å². The van der Waals surface area contributed by atoms with Crippen molar-refractivity contribution in [2.24, 2.45) is 0 Å². The summed E-state index contributed by atoms with van der Waals surface area (Å²) in [4.78, 5) is 0. The van der Waals surface area contributed by atoms with Crippen molar-refractivity contribution in [2.75, 3.05) is 0 Å². The van der Waals surface area contributed by atoms with Gasteiger partial charge in [-0.3, -0.25) is 4.68 Å². The van der Waals surface area contributed by atoms with E-state index in [1.54, 1.807) is 0 Å². The lowest BCUT2D eigenvalue weighted by Gasteiger charge is -2.12. The predicted molar refractivity (Wildman–Crippen MR) is 67.4 cm³/mol. The smallest absolute Gasteiger partial charge is 0.161 e. The van der Waals surface area contributed by atoms with Crippen molar-refractivity contribution in [3.63, 3.8) is 0 Å². The first-order valence-electron chi connectivity index (χ1n) is 5.12. The lowest BCUT2D eigenvalue weighted by molar-refractivity contribution is 0.473. The summed E-state index contributed by atoms with van der Waals surface area (Å²) in [5.74, 6) is 0.209. The van der Waals surface area contributed by atoms with Crippen LogP contribution in [0.4, 0.5) is 0 Å². The maximum atomic E-state index is 9.85. The lowest BCUT2D eigenvalue weighted by Crippen LogP contribution is -2.04. The highest BCUT2D eigenvalue weighted by atomic mass is 79.9. The lowest BCUT2D eigenvalue weighted by atomic mass is 10.1. The molecule has 1 heterocycles. The fraction of sp³-hybridized carbons (Fsp3) is 0.250. The topological polar surface area (TPSA) is 38.0 Å².